The van der Waals surface area contributed by atoms with Crippen LogP contribution in [0.3, 0.4) is 0 Å². The Bertz CT molecular complexity index is 679. The lowest BCUT2D eigenvalue weighted by atomic mass is 9.92. The van der Waals surface area contributed by atoms with Crippen molar-refractivity contribution in [1.82, 2.24) is 0 Å². The molecule has 1 saturated heterocycles. The van der Waals surface area contributed by atoms with Crippen molar-refractivity contribution in [3.63, 3.8) is 0 Å². The molecule has 0 saturated carbocycles. The lowest BCUT2D eigenvalue weighted by Gasteiger charge is -2.48. The Hall–Kier alpha value is -1.45. The SMILES string of the molecule is C=CC[C@@H]1O[Si](C(C)C)(C(C)C)C[C@@H]2CC(=O)C(c3ccccc3)=C21. The molecule has 0 amide bonds. The third-order valence-corrected chi connectivity index (χ3v) is 11.9. The van der Waals surface area contributed by atoms with Crippen LogP contribution >= 0.6 is 0 Å². The quantitative estimate of drug-likeness (QED) is 0.495. The van der Waals surface area contributed by atoms with Crippen LogP contribution in [0.5, 0.6) is 0 Å². The number of hydrogen-bond acceptors (Lipinski definition) is 2. The maximum absolute atomic E-state index is 12.9. The van der Waals surface area contributed by atoms with Crippen LogP contribution in [0, 0.1) is 5.92 Å². The average molecular weight is 355 g/mol. The second kappa shape index (κ2) is 7.04. The smallest absolute Gasteiger partial charge is 0.199 e. The first-order valence-electron chi connectivity index (χ1n) is 9.52. The number of rotatable bonds is 5. The summed E-state index contributed by atoms with van der Waals surface area (Å²) in [5.74, 6) is 0.652. The summed E-state index contributed by atoms with van der Waals surface area (Å²) in [6.45, 7) is 13.2. The number of carbonyl (C=O) groups excluding carboxylic acids is 1. The number of fused-ring (bicyclic) bond motifs is 1. The summed E-state index contributed by atoms with van der Waals surface area (Å²) in [5, 5.41) is 0. The number of benzene rings is 1. The molecule has 0 radical (unpaired) electrons. The number of Topliss-reactive ketones (excluding diaryl/α,β-unsaturated/α-hetero) is 1. The minimum atomic E-state index is -1.92. The number of hydrogen-bond donors (Lipinski definition) is 0. The van der Waals surface area contributed by atoms with E-state index in [0.717, 1.165) is 23.6 Å². The van der Waals surface area contributed by atoms with E-state index in [-0.39, 0.29) is 6.10 Å². The largest absolute Gasteiger partial charge is 0.409 e. The van der Waals surface area contributed by atoms with Crippen LogP contribution in [0.15, 0.2) is 48.6 Å². The standard InChI is InChI=1S/C22H30O2Si/c1-6-10-20-22-18(14-25(24-20,15(2)3)16(4)5)13-19(23)21(22)17-11-8-7-9-12-17/h6-9,11-12,15-16,18,20H,1,10,13-14H2,2-5H3/t18-,20-/m0/s1. The van der Waals surface area contributed by atoms with Crippen molar-refractivity contribution in [2.75, 3.05) is 0 Å². The zero-order valence-electron chi connectivity index (χ0n) is 15.9. The zero-order valence-corrected chi connectivity index (χ0v) is 16.9. The summed E-state index contributed by atoms with van der Waals surface area (Å²) in [6.07, 6.45) is 3.43. The molecule has 1 heterocycles. The highest BCUT2D eigenvalue weighted by Crippen LogP contribution is 2.53. The van der Waals surface area contributed by atoms with Crippen molar-refractivity contribution in [1.29, 1.82) is 0 Å². The normalized spacial score (nSPS) is 25.6. The summed E-state index contributed by atoms with van der Waals surface area (Å²) in [7, 11) is -1.92. The number of allylic oxidation sites excluding steroid dienone is 1. The topological polar surface area (TPSA) is 26.3 Å². The summed E-state index contributed by atoms with van der Waals surface area (Å²) < 4.78 is 6.91. The van der Waals surface area contributed by atoms with Crippen LogP contribution < -0.4 is 0 Å². The molecule has 0 aromatic heterocycles. The minimum Gasteiger partial charge on any atom is -0.409 e. The van der Waals surface area contributed by atoms with Crippen LogP contribution in [0.25, 0.3) is 5.57 Å². The molecule has 0 spiro atoms. The zero-order chi connectivity index (χ0) is 18.2. The maximum Gasteiger partial charge on any atom is 0.199 e. The minimum absolute atomic E-state index is 0.0226. The van der Waals surface area contributed by atoms with E-state index in [2.05, 4.69) is 46.4 Å². The van der Waals surface area contributed by atoms with E-state index in [9.17, 15) is 4.79 Å². The van der Waals surface area contributed by atoms with Crippen LogP contribution in [-0.2, 0) is 9.22 Å². The molecule has 2 atom stereocenters. The lowest BCUT2D eigenvalue weighted by Crippen LogP contribution is -2.53. The summed E-state index contributed by atoms with van der Waals surface area (Å²) in [5.41, 5.74) is 4.33. The van der Waals surface area contributed by atoms with Crippen molar-refractivity contribution in [2.24, 2.45) is 5.92 Å². The molecule has 0 N–H and O–H groups in total. The molecule has 3 heteroatoms. The van der Waals surface area contributed by atoms with Gasteiger partial charge in [-0.15, -0.1) is 6.58 Å². The first-order valence-corrected chi connectivity index (χ1v) is 11.8. The molecule has 134 valence electrons. The highest BCUT2D eigenvalue weighted by molar-refractivity contribution is 6.76. The van der Waals surface area contributed by atoms with Gasteiger partial charge >= 0.3 is 0 Å². The van der Waals surface area contributed by atoms with Gasteiger partial charge in [0.1, 0.15) is 0 Å². The predicted octanol–water partition coefficient (Wildman–Crippen LogP) is 5.77. The van der Waals surface area contributed by atoms with Gasteiger partial charge in [0.15, 0.2) is 14.1 Å². The Morgan fingerprint density at radius 2 is 1.84 bits per heavy atom. The number of ketones is 1. The van der Waals surface area contributed by atoms with E-state index in [0.29, 0.717) is 29.2 Å². The molecule has 0 bridgehead atoms. The first-order chi connectivity index (χ1) is 11.9. The van der Waals surface area contributed by atoms with Crippen molar-refractivity contribution < 1.29 is 9.22 Å². The van der Waals surface area contributed by atoms with Crippen molar-refractivity contribution in [2.45, 2.75) is 63.8 Å². The van der Waals surface area contributed by atoms with Gasteiger partial charge in [0.05, 0.1) is 6.10 Å². The molecule has 1 aromatic rings. The molecule has 1 aromatic carbocycles. The van der Waals surface area contributed by atoms with Gasteiger partial charge in [-0.2, -0.15) is 0 Å². The van der Waals surface area contributed by atoms with Gasteiger partial charge in [-0.05, 0) is 40.6 Å². The van der Waals surface area contributed by atoms with Crippen LogP contribution in [0.4, 0.5) is 0 Å². The second-order valence-electron chi connectivity index (χ2n) is 8.12. The fraction of sp³-hybridized carbons (Fsp3) is 0.500. The Morgan fingerprint density at radius 1 is 1.20 bits per heavy atom. The van der Waals surface area contributed by atoms with Gasteiger partial charge in [-0.25, -0.2) is 0 Å². The van der Waals surface area contributed by atoms with Gasteiger partial charge in [0.2, 0.25) is 0 Å². The third kappa shape index (κ3) is 3.09. The highest BCUT2D eigenvalue weighted by atomic mass is 28.4. The van der Waals surface area contributed by atoms with Gasteiger partial charge < -0.3 is 4.43 Å². The molecule has 1 fully saturated rings. The predicted molar refractivity (Wildman–Crippen MR) is 107 cm³/mol. The summed E-state index contributed by atoms with van der Waals surface area (Å²) >= 11 is 0. The van der Waals surface area contributed by atoms with E-state index < -0.39 is 8.32 Å². The van der Waals surface area contributed by atoms with Gasteiger partial charge in [0.25, 0.3) is 0 Å². The lowest BCUT2D eigenvalue weighted by molar-refractivity contribution is -0.113. The van der Waals surface area contributed by atoms with E-state index in [1.165, 1.54) is 5.57 Å². The molecule has 1 aliphatic carbocycles. The van der Waals surface area contributed by atoms with Gasteiger partial charge in [-0.1, -0.05) is 64.1 Å². The molecule has 2 aliphatic rings. The Kier molecular flexibility index (Phi) is 5.17. The Balaban J connectivity index is 2.10. The monoisotopic (exact) mass is 354 g/mol. The molecule has 2 nitrogen and oxygen atoms in total. The van der Waals surface area contributed by atoms with Gasteiger partial charge in [-0.3, -0.25) is 4.79 Å². The van der Waals surface area contributed by atoms with E-state index in [1.54, 1.807) is 0 Å². The van der Waals surface area contributed by atoms with Gasteiger partial charge in [0, 0.05) is 12.0 Å². The summed E-state index contributed by atoms with van der Waals surface area (Å²) in [4.78, 5) is 12.9. The van der Waals surface area contributed by atoms with Crippen LogP contribution in [0.1, 0.15) is 46.1 Å². The molecular weight excluding hydrogens is 324 g/mol. The van der Waals surface area contributed by atoms with Crippen molar-refractivity contribution in [3.05, 3.63) is 54.1 Å². The molecule has 25 heavy (non-hydrogen) atoms. The number of carbonyl (C=O) groups is 1. The van der Waals surface area contributed by atoms with Crippen LogP contribution in [0.2, 0.25) is 17.1 Å². The Morgan fingerprint density at radius 3 is 2.40 bits per heavy atom. The van der Waals surface area contributed by atoms with E-state index in [4.69, 9.17) is 4.43 Å². The maximum atomic E-state index is 12.9. The average Bonchev–Trinajstić information content (AvgIpc) is 2.91. The Labute approximate surface area is 153 Å². The highest BCUT2D eigenvalue weighted by Gasteiger charge is 2.53. The first kappa shape index (κ1) is 18.3. The van der Waals surface area contributed by atoms with Crippen LogP contribution in [-0.4, -0.2) is 20.2 Å². The summed E-state index contributed by atoms with van der Waals surface area (Å²) in [6, 6.07) is 11.2. The second-order valence-corrected chi connectivity index (χ2v) is 13.0. The fourth-order valence-corrected chi connectivity index (χ4v) is 9.64. The molecule has 0 unspecified atom stereocenters. The molecule has 3 rings (SSSR count). The van der Waals surface area contributed by atoms with E-state index in [1.807, 2.05) is 24.3 Å². The third-order valence-electron chi connectivity index (χ3n) is 6.11. The molecular formula is C22H30O2Si. The molecule has 1 aliphatic heterocycles. The fourth-order valence-electron chi connectivity index (χ4n) is 4.84. The van der Waals surface area contributed by atoms with Crippen molar-refractivity contribution >= 4 is 19.7 Å². The van der Waals surface area contributed by atoms with E-state index >= 15 is 0 Å². The van der Waals surface area contributed by atoms with Crippen molar-refractivity contribution in [3.8, 4) is 0 Å².